The van der Waals surface area contributed by atoms with Crippen molar-refractivity contribution in [1.29, 1.82) is 0 Å². The van der Waals surface area contributed by atoms with Gasteiger partial charge in [0.15, 0.2) is 0 Å². The molecule has 1 heterocycles. The molecule has 0 atom stereocenters. The molecule has 0 saturated heterocycles. The molecule has 1 aromatic heterocycles. The lowest BCUT2D eigenvalue weighted by molar-refractivity contribution is 0.0699. The van der Waals surface area contributed by atoms with Gasteiger partial charge in [-0.1, -0.05) is 12.8 Å². The normalized spacial score (nSPS) is 25.5. The van der Waals surface area contributed by atoms with Gasteiger partial charge in [0.2, 0.25) is 5.95 Å². The average Bonchev–Trinajstić information content (AvgIpc) is 3.10. The Balaban J connectivity index is 1.60. The quantitative estimate of drug-likeness (QED) is 0.541. The molecule has 140 valence electrons. The predicted octanol–water partition coefficient (Wildman–Crippen LogP) is 2.60. The van der Waals surface area contributed by atoms with Crippen LogP contribution in [0.5, 0.6) is 0 Å². The van der Waals surface area contributed by atoms with Crippen LogP contribution in [0.1, 0.15) is 70.9 Å². The van der Waals surface area contributed by atoms with Crippen molar-refractivity contribution in [3.05, 3.63) is 18.0 Å². The van der Waals surface area contributed by atoms with Crippen molar-refractivity contribution < 1.29 is 0 Å². The standard InChI is InChI=1S/C19H34N6/c1-19(2,25(21)17-5-3-4-6-17)13-16-11-12-22-18(24-16)23-15-9-7-14(20)8-10-15/h11-12,14-15,17H,3-10,13,20-21H2,1-2H3,(H,22,23,24). The Hall–Kier alpha value is -1.24. The smallest absolute Gasteiger partial charge is 0.223 e. The number of hydrogen-bond acceptors (Lipinski definition) is 6. The number of nitrogens with zero attached hydrogens (tertiary/aromatic N) is 3. The molecule has 6 heteroatoms. The molecule has 0 unspecified atom stereocenters. The molecule has 0 aliphatic heterocycles. The summed E-state index contributed by atoms with van der Waals surface area (Å²) >= 11 is 0. The van der Waals surface area contributed by atoms with E-state index in [-0.39, 0.29) is 5.54 Å². The highest BCUT2D eigenvalue weighted by Gasteiger charge is 2.32. The molecule has 5 N–H and O–H groups in total. The number of hydrazine groups is 1. The number of nitrogens with two attached hydrogens (primary N) is 2. The van der Waals surface area contributed by atoms with Gasteiger partial charge >= 0.3 is 0 Å². The first-order valence-electron chi connectivity index (χ1n) is 9.82. The number of anilines is 1. The van der Waals surface area contributed by atoms with Crippen LogP contribution >= 0.6 is 0 Å². The SMILES string of the molecule is CC(C)(Cc1ccnc(NC2CCC(N)CC2)n1)N(N)C1CCCC1. The molecule has 1 aromatic rings. The van der Waals surface area contributed by atoms with Crippen molar-refractivity contribution in [3.8, 4) is 0 Å². The van der Waals surface area contributed by atoms with E-state index in [1.165, 1.54) is 25.7 Å². The minimum absolute atomic E-state index is 0.113. The lowest BCUT2D eigenvalue weighted by Gasteiger charge is -2.39. The maximum absolute atomic E-state index is 6.47. The molecule has 0 radical (unpaired) electrons. The van der Waals surface area contributed by atoms with Crippen LogP contribution in [0.15, 0.2) is 12.3 Å². The second kappa shape index (κ2) is 7.98. The summed E-state index contributed by atoms with van der Waals surface area (Å²) in [5.41, 5.74) is 6.92. The monoisotopic (exact) mass is 346 g/mol. The van der Waals surface area contributed by atoms with Gasteiger partial charge in [-0.3, -0.25) is 5.84 Å². The van der Waals surface area contributed by atoms with E-state index in [9.17, 15) is 0 Å². The van der Waals surface area contributed by atoms with Gasteiger partial charge in [0.25, 0.3) is 0 Å². The zero-order valence-corrected chi connectivity index (χ0v) is 15.7. The third-order valence-electron chi connectivity index (χ3n) is 5.85. The first kappa shape index (κ1) is 18.5. The van der Waals surface area contributed by atoms with Gasteiger partial charge in [0.05, 0.1) is 0 Å². The maximum Gasteiger partial charge on any atom is 0.223 e. The summed E-state index contributed by atoms with van der Waals surface area (Å²) in [6, 6.07) is 3.30. The van der Waals surface area contributed by atoms with E-state index < -0.39 is 0 Å². The second-order valence-electron chi connectivity index (χ2n) is 8.46. The van der Waals surface area contributed by atoms with Gasteiger partial charge in [-0.25, -0.2) is 15.0 Å². The third kappa shape index (κ3) is 4.90. The minimum atomic E-state index is -0.113. The van der Waals surface area contributed by atoms with Crippen LogP contribution in [-0.2, 0) is 6.42 Å². The van der Waals surface area contributed by atoms with Crippen LogP contribution in [0.3, 0.4) is 0 Å². The maximum atomic E-state index is 6.47. The van der Waals surface area contributed by atoms with E-state index >= 15 is 0 Å². The summed E-state index contributed by atoms with van der Waals surface area (Å²) in [5, 5.41) is 5.56. The van der Waals surface area contributed by atoms with E-state index in [0.29, 0.717) is 18.1 Å². The highest BCUT2D eigenvalue weighted by molar-refractivity contribution is 5.27. The average molecular weight is 347 g/mol. The number of hydrogen-bond donors (Lipinski definition) is 3. The third-order valence-corrected chi connectivity index (χ3v) is 5.85. The molecule has 25 heavy (non-hydrogen) atoms. The van der Waals surface area contributed by atoms with E-state index in [2.05, 4.69) is 29.2 Å². The highest BCUT2D eigenvalue weighted by Crippen LogP contribution is 2.28. The van der Waals surface area contributed by atoms with Crippen molar-refractivity contribution in [2.75, 3.05) is 5.32 Å². The fourth-order valence-corrected chi connectivity index (χ4v) is 4.22. The van der Waals surface area contributed by atoms with Crippen molar-refractivity contribution >= 4 is 5.95 Å². The van der Waals surface area contributed by atoms with Crippen LogP contribution in [0.2, 0.25) is 0 Å². The molecule has 2 aliphatic carbocycles. The van der Waals surface area contributed by atoms with Crippen molar-refractivity contribution in [1.82, 2.24) is 15.0 Å². The van der Waals surface area contributed by atoms with Gasteiger partial charge in [0.1, 0.15) is 0 Å². The second-order valence-corrected chi connectivity index (χ2v) is 8.46. The predicted molar refractivity (Wildman–Crippen MR) is 102 cm³/mol. The van der Waals surface area contributed by atoms with E-state index in [1.54, 1.807) is 0 Å². The molecule has 0 amide bonds. The van der Waals surface area contributed by atoms with E-state index in [1.807, 2.05) is 12.3 Å². The molecule has 6 nitrogen and oxygen atoms in total. The molecule has 0 spiro atoms. The Labute approximate surface area is 151 Å². The van der Waals surface area contributed by atoms with Gasteiger partial charge in [-0.2, -0.15) is 0 Å². The largest absolute Gasteiger partial charge is 0.351 e. The Morgan fingerprint density at radius 1 is 1.16 bits per heavy atom. The van der Waals surface area contributed by atoms with E-state index in [0.717, 1.165) is 43.7 Å². The summed E-state index contributed by atoms with van der Waals surface area (Å²) in [5.74, 6) is 7.20. The molecule has 0 bridgehead atoms. The van der Waals surface area contributed by atoms with Crippen LogP contribution < -0.4 is 16.9 Å². The molecule has 0 aromatic carbocycles. The zero-order chi connectivity index (χ0) is 17.9. The molecule has 2 aliphatic rings. The fraction of sp³-hybridized carbons (Fsp3) is 0.789. The summed E-state index contributed by atoms with van der Waals surface area (Å²) < 4.78 is 0. The minimum Gasteiger partial charge on any atom is -0.351 e. The lowest BCUT2D eigenvalue weighted by atomic mass is 9.92. The van der Waals surface area contributed by atoms with Crippen molar-refractivity contribution in [2.24, 2.45) is 11.6 Å². The van der Waals surface area contributed by atoms with E-state index in [4.69, 9.17) is 16.6 Å². The Kier molecular flexibility index (Phi) is 5.92. The summed E-state index contributed by atoms with van der Waals surface area (Å²) in [4.78, 5) is 9.15. The van der Waals surface area contributed by atoms with Gasteiger partial charge < -0.3 is 11.1 Å². The Morgan fingerprint density at radius 2 is 1.84 bits per heavy atom. The number of nitrogens with one attached hydrogen (secondary N) is 1. The highest BCUT2D eigenvalue weighted by atomic mass is 15.5. The summed E-state index contributed by atoms with van der Waals surface area (Å²) in [6.07, 6.45) is 12.0. The summed E-state index contributed by atoms with van der Waals surface area (Å²) in [6.45, 7) is 4.42. The molecule has 2 fully saturated rings. The van der Waals surface area contributed by atoms with Crippen molar-refractivity contribution in [3.63, 3.8) is 0 Å². The Bertz CT molecular complexity index is 547. The van der Waals surface area contributed by atoms with Gasteiger partial charge in [-0.15, -0.1) is 0 Å². The first-order chi connectivity index (χ1) is 11.9. The molecule has 3 rings (SSSR count). The topological polar surface area (TPSA) is 93.1 Å². The zero-order valence-electron chi connectivity index (χ0n) is 15.7. The van der Waals surface area contributed by atoms with Crippen LogP contribution in [0.4, 0.5) is 5.95 Å². The molecular weight excluding hydrogens is 312 g/mol. The van der Waals surface area contributed by atoms with Crippen LogP contribution in [0, 0.1) is 0 Å². The number of aromatic nitrogens is 2. The Morgan fingerprint density at radius 3 is 2.52 bits per heavy atom. The first-order valence-corrected chi connectivity index (χ1v) is 9.82. The fourth-order valence-electron chi connectivity index (χ4n) is 4.22. The van der Waals surface area contributed by atoms with Crippen molar-refractivity contribution in [2.45, 2.75) is 95.3 Å². The van der Waals surface area contributed by atoms with Crippen LogP contribution in [-0.4, -0.2) is 38.6 Å². The summed E-state index contributed by atoms with van der Waals surface area (Å²) in [7, 11) is 0. The molecule has 2 saturated carbocycles. The number of rotatable bonds is 6. The van der Waals surface area contributed by atoms with Crippen LogP contribution in [0.25, 0.3) is 0 Å². The van der Waals surface area contributed by atoms with Gasteiger partial charge in [0, 0.05) is 42.0 Å². The molecular formula is C19H34N6. The lowest BCUT2D eigenvalue weighted by Crippen LogP contribution is -2.54. The van der Waals surface area contributed by atoms with Gasteiger partial charge in [-0.05, 0) is 58.4 Å².